The zero-order valence-corrected chi connectivity index (χ0v) is 13.2. The maximum absolute atomic E-state index is 12.2. The Kier molecular flexibility index (Phi) is 6.09. The maximum atomic E-state index is 12.2. The largest absolute Gasteiger partial charge is 0.384 e. The van der Waals surface area contributed by atoms with Crippen molar-refractivity contribution < 1.29 is 9.90 Å². The second-order valence-electron chi connectivity index (χ2n) is 5.40. The third-order valence-corrected chi connectivity index (χ3v) is 4.56. The van der Waals surface area contributed by atoms with E-state index in [9.17, 15) is 4.79 Å². The SMILES string of the molecule is CN(Cc1cc(C#CCO)cs1)C(=O)NC1CCCCC1. The molecule has 1 fully saturated rings. The molecule has 0 spiro atoms. The summed E-state index contributed by atoms with van der Waals surface area (Å²) >= 11 is 1.59. The Morgan fingerprint density at radius 3 is 2.95 bits per heavy atom. The van der Waals surface area contributed by atoms with Crippen molar-refractivity contribution in [2.75, 3.05) is 13.7 Å². The van der Waals surface area contributed by atoms with Crippen LogP contribution in [-0.2, 0) is 6.54 Å². The summed E-state index contributed by atoms with van der Waals surface area (Å²) in [4.78, 5) is 15.0. The summed E-state index contributed by atoms with van der Waals surface area (Å²) in [6.07, 6.45) is 5.91. The van der Waals surface area contributed by atoms with Crippen LogP contribution in [0.2, 0.25) is 0 Å². The van der Waals surface area contributed by atoms with E-state index in [0.29, 0.717) is 12.6 Å². The van der Waals surface area contributed by atoms with E-state index in [1.54, 1.807) is 16.2 Å². The number of thiophene rings is 1. The van der Waals surface area contributed by atoms with Gasteiger partial charge in [0.05, 0.1) is 6.54 Å². The van der Waals surface area contributed by atoms with Crippen LogP contribution in [0.4, 0.5) is 4.79 Å². The molecule has 2 rings (SSSR count). The highest BCUT2D eigenvalue weighted by atomic mass is 32.1. The van der Waals surface area contributed by atoms with Gasteiger partial charge in [0.15, 0.2) is 0 Å². The van der Waals surface area contributed by atoms with Crippen LogP contribution < -0.4 is 5.32 Å². The van der Waals surface area contributed by atoms with Gasteiger partial charge in [-0.05, 0) is 18.9 Å². The average Bonchev–Trinajstić information content (AvgIpc) is 2.93. The summed E-state index contributed by atoms with van der Waals surface area (Å²) in [6.45, 7) is 0.457. The molecule has 1 aromatic heterocycles. The van der Waals surface area contributed by atoms with Crippen LogP contribution in [0.15, 0.2) is 11.4 Å². The van der Waals surface area contributed by atoms with Crippen molar-refractivity contribution in [1.29, 1.82) is 0 Å². The summed E-state index contributed by atoms with van der Waals surface area (Å²) in [7, 11) is 1.82. The average molecular weight is 306 g/mol. The van der Waals surface area contributed by atoms with Gasteiger partial charge in [0, 0.05) is 28.9 Å². The van der Waals surface area contributed by atoms with E-state index in [1.807, 2.05) is 18.5 Å². The van der Waals surface area contributed by atoms with Gasteiger partial charge in [-0.3, -0.25) is 0 Å². The first-order chi connectivity index (χ1) is 10.2. The van der Waals surface area contributed by atoms with Crippen LogP contribution in [-0.4, -0.2) is 35.7 Å². The molecule has 4 nitrogen and oxygen atoms in total. The quantitative estimate of drug-likeness (QED) is 0.843. The third kappa shape index (κ3) is 5.07. The molecule has 21 heavy (non-hydrogen) atoms. The lowest BCUT2D eigenvalue weighted by Gasteiger charge is -2.26. The minimum Gasteiger partial charge on any atom is -0.384 e. The fraction of sp³-hybridized carbons (Fsp3) is 0.562. The van der Waals surface area contributed by atoms with Gasteiger partial charge in [-0.25, -0.2) is 4.79 Å². The molecular weight excluding hydrogens is 284 g/mol. The number of carbonyl (C=O) groups excluding carboxylic acids is 1. The molecule has 0 bridgehead atoms. The zero-order chi connectivity index (χ0) is 15.1. The lowest BCUT2D eigenvalue weighted by atomic mass is 9.96. The highest BCUT2D eigenvalue weighted by Crippen LogP contribution is 2.18. The van der Waals surface area contributed by atoms with Crippen molar-refractivity contribution in [3.05, 3.63) is 21.9 Å². The Labute approximate surface area is 130 Å². The second-order valence-corrected chi connectivity index (χ2v) is 6.40. The van der Waals surface area contributed by atoms with Gasteiger partial charge in [-0.15, -0.1) is 11.3 Å². The summed E-state index contributed by atoms with van der Waals surface area (Å²) in [5.41, 5.74) is 0.894. The fourth-order valence-corrected chi connectivity index (χ4v) is 3.38. The Morgan fingerprint density at radius 2 is 2.24 bits per heavy atom. The normalized spacial score (nSPS) is 15.1. The van der Waals surface area contributed by atoms with Crippen LogP contribution >= 0.6 is 11.3 Å². The van der Waals surface area contributed by atoms with Crippen molar-refractivity contribution in [1.82, 2.24) is 10.2 Å². The predicted molar refractivity (Wildman–Crippen MR) is 85.2 cm³/mol. The molecule has 2 amide bonds. The van der Waals surface area contributed by atoms with Gasteiger partial charge in [0.1, 0.15) is 6.61 Å². The molecule has 0 atom stereocenters. The molecule has 2 N–H and O–H groups in total. The number of nitrogens with zero attached hydrogens (tertiary/aromatic N) is 1. The summed E-state index contributed by atoms with van der Waals surface area (Å²) in [5.74, 6) is 5.50. The zero-order valence-electron chi connectivity index (χ0n) is 12.4. The number of urea groups is 1. The van der Waals surface area contributed by atoms with Crippen molar-refractivity contribution in [3.8, 4) is 11.8 Å². The molecule has 0 aromatic carbocycles. The molecule has 1 aliphatic carbocycles. The first-order valence-electron chi connectivity index (χ1n) is 7.38. The summed E-state index contributed by atoms with van der Waals surface area (Å²) in [6, 6.07) is 2.30. The molecule has 5 heteroatoms. The molecule has 0 saturated heterocycles. The van der Waals surface area contributed by atoms with Gasteiger partial charge in [0.2, 0.25) is 0 Å². The first-order valence-corrected chi connectivity index (χ1v) is 8.26. The number of rotatable bonds is 3. The highest BCUT2D eigenvalue weighted by molar-refractivity contribution is 7.10. The number of nitrogens with one attached hydrogen (secondary N) is 1. The lowest BCUT2D eigenvalue weighted by Crippen LogP contribution is -2.43. The third-order valence-electron chi connectivity index (χ3n) is 3.64. The lowest BCUT2D eigenvalue weighted by molar-refractivity contribution is 0.199. The summed E-state index contributed by atoms with van der Waals surface area (Å²) in [5, 5.41) is 13.7. The van der Waals surface area contributed by atoms with Gasteiger partial charge in [-0.1, -0.05) is 31.1 Å². The fourth-order valence-electron chi connectivity index (χ4n) is 2.51. The van der Waals surface area contributed by atoms with Gasteiger partial charge < -0.3 is 15.3 Å². The van der Waals surface area contributed by atoms with Crippen LogP contribution in [0, 0.1) is 11.8 Å². The standard InChI is InChI=1S/C16H22N2O2S/c1-18(16(20)17-14-7-3-2-4-8-14)11-15-10-13(12-21-15)6-5-9-19/h10,12,14,19H,2-4,7-9,11H2,1H3,(H,17,20). The van der Waals surface area contributed by atoms with E-state index in [0.717, 1.165) is 23.3 Å². The molecule has 1 heterocycles. The Morgan fingerprint density at radius 1 is 1.48 bits per heavy atom. The van der Waals surface area contributed by atoms with Crippen molar-refractivity contribution in [3.63, 3.8) is 0 Å². The maximum Gasteiger partial charge on any atom is 0.317 e. The Hall–Kier alpha value is -1.51. The van der Waals surface area contributed by atoms with E-state index in [4.69, 9.17) is 5.11 Å². The van der Waals surface area contributed by atoms with Crippen molar-refractivity contribution >= 4 is 17.4 Å². The minimum absolute atomic E-state index is 0.00158. The second kappa shape index (κ2) is 8.06. The smallest absolute Gasteiger partial charge is 0.317 e. The Bertz CT molecular complexity index is 524. The molecule has 1 aromatic rings. The van der Waals surface area contributed by atoms with E-state index >= 15 is 0 Å². The molecule has 0 radical (unpaired) electrons. The van der Waals surface area contributed by atoms with E-state index in [2.05, 4.69) is 17.2 Å². The monoisotopic (exact) mass is 306 g/mol. The number of hydrogen-bond donors (Lipinski definition) is 2. The molecule has 1 aliphatic rings. The van der Waals surface area contributed by atoms with Gasteiger partial charge in [0.25, 0.3) is 0 Å². The minimum atomic E-state index is -0.130. The molecule has 1 saturated carbocycles. The predicted octanol–water partition coefficient (Wildman–Crippen LogP) is 2.57. The molecule has 0 aliphatic heterocycles. The van der Waals surface area contributed by atoms with E-state index < -0.39 is 0 Å². The van der Waals surface area contributed by atoms with Crippen LogP contribution in [0.25, 0.3) is 0 Å². The molecule has 0 unspecified atom stereocenters. The van der Waals surface area contributed by atoms with Gasteiger partial charge >= 0.3 is 6.03 Å². The van der Waals surface area contributed by atoms with Crippen molar-refractivity contribution in [2.24, 2.45) is 0 Å². The number of amides is 2. The Balaban J connectivity index is 1.83. The number of aliphatic hydroxyl groups excluding tert-OH is 1. The summed E-state index contributed by atoms with van der Waals surface area (Å²) < 4.78 is 0. The molecular formula is C16H22N2O2S. The number of carbonyl (C=O) groups is 1. The number of aliphatic hydroxyl groups is 1. The van der Waals surface area contributed by atoms with E-state index in [-0.39, 0.29) is 12.6 Å². The first kappa shape index (κ1) is 15.9. The molecule has 114 valence electrons. The highest BCUT2D eigenvalue weighted by Gasteiger charge is 2.18. The van der Waals surface area contributed by atoms with E-state index in [1.165, 1.54) is 19.3 Å². The number of hydrogen-bond acceptors (Lipinski definition) is 3. The topological polar surface area (TPSA) is 52.6 Å². The van der Waals surface area contributed by atoms with Crippen molar-refractivity contribution in [2.45, 2.75) is 44.7 Å². The van der Waals surface area contributed by atoms with Crippen LogP contribution in [0.5, 0.6) is 0 Å². The van der Waals surface area contributed by atoms with Gasteiger partial charge in [-0.2, -0.15) is 0 Å². The van der Waals surface area contributed by atoms with Crippen LogP contribution in [0.3, 0.4) is 0 Å². The van der Waals surface area contributed by atoms with Crippen LogP contribution in [0.1, 0.15) is 42.5 Å².